The van der Waals surface area contributed by atoms with Crippen molar-refractivity contribution in [2.24, 2.45) is 5.92 Å². The molecule has 0 saturated carbocycles. The zero-order valence-electron chi connectivity index (χ0n) is 19.4. The van der Waals surface area contributed by atoms with Gasteiger partial charge in [-0.15, -0.1) is 0 Å². The SMILES string of the molecule is COc1ccc(C(=O)NC(C(=O)N2CCN(CC(=O)Nc3ccccc3)CC2)C(C)C)cc1. The number of nitrogens with one attached hydrogen (secondary N) is 2. The Morgan fingerprint density at radius 2 is 1.58 bits per heavy atom. The maximum absolute atomic E-state index is 13.2. The highest BCUT2D eigenvalue weighted by Crippen LogP contribution is 2.14. The summed E-state index contributed by atoms with van der Waals surface area (Å²) in [6.07, 6.45) is 0. The van der Waals surface area contributed by atoms with E-state index in [1.54, 1.807) is 36.3 Å². The predicted octanol–water partition coefficient (Wildman–Crippen LogP) is 2.23. The number of hydrogen-bond donors (Lipinski definition) is 2. The molecule has 33 heavy (non-hydrogen) atoms. The van der Waals surface area contributed by atoms with E-state index in [0.717, 1.165) is 5.69 Å². The highest BCUT2D eigenvalue weighted by Gasteiger charge is 2.31. The molecule has 1 heterocycles. The van der Waals surface area contributed by atoms with E-state index in [9.17, 15) is 14.4 Å². The second-order valence-electron chi connectivity index (χ2n) is 8.44. The predicted molar refractivity (Wildman–Crippen MR) is 127 cm³/mol. The van der Waals surface area contributed by atoms with E-state index in [1.807, 2.05) is 49.1 Å². The van der Waals surface area contributed by atoms with Crippen molar-refractivity contribution in [2.75, 3.05) is 45.2 Å². The Kier molecular flexibility index (Phi) is 8.43. The van der Waals surface area contributed by atoms with Gasteiger partial charge in [-0.2, -0.15) is 0 Å². The average Bonchev–Trinajstić information content (AvgIpc) is 2.83. The van der Waals surface area contributed by atoms with Gasteiger partial charge in [0.25, 0.3) is 5.91 Å². The van der Waals surface area contributed by atoms with E-state index in [1.165, 1.54) is 0 Å². The molecule has 0 radical (unpaired) electrons. The maximum atomic E-state index is 13.2. The molecule has 176 valence electrons. The first-order valence-electron chi connectivity index (χ1n) is 11.2. The van der Waals surface area contributed by atoms with Crippen LogP contribution in [0.1, 0.15) is 24.2 Å². The minimum absolute atomic E-state index is 0.0608. The molecule has 0 aliphatic carbocycles. The van der Waals surface area contributed by atoms with Crippen molar-refractivity contribution in [3.05, 3.63) is 60.2 Å². The molecule has 1 aliphatic heterocycles. The molecular weight excluding hydrogens is 420 g/mol. The summed E-state index contributed by atoms with van der Waals surface area (Å²) < 4.78 is 5.13. The number of ether oxygens (including phenoxy) is 1. The number of carbonyl (C=O) groups is 3. The second-order valence-corrected chi connectivity index (χ2v) is 8.44. The van der Waals surface area contributed by atoms with Crippen LogP contribution in [0.4, 0.5) is 5.69 Å². The van der Waals surface area contributed by atoms with Crippen molar-refractivity contribution >= 4 is 23.4 Å². The molecule has 0 spiro atoms. The van der Waals surface area contributed by atoms with Crippen molar-refractivity contribution in [3.63, 3.8) is 0 Å². The van der Waals surface area contributed by atoms with E-state index in [-0.39, 0.29) is 30.2 Å². The zero-order valence-corrected chi connectivity index (χ0v) is 19.4. The quantitative estimate of drug-likeness (QED) is 0.641. The van der Waals surface area contributed by atoms with Gasteiger partial charge < -0.3 is 20.3 Å². The Hall–Kier alpha value is -3.39. The minimum Gasteiger partial charge on any atom is -0.497 e. The van der Waals surface area contributed by atoms with E-state index < -0.39 is 6.04 Å². The van der Waals surface area contributed by atoms with Crippen LogP contribution in [0.2, 0.25) is 0 Å². The van der Waals surface area contributed by atoms with Gasteiger partial charge in [-0.05, 0) is 42.3 Å². The first kappa shape index (κ1) is 24.3. The number of methoxy groups -OCH3 is 1. The Labute approximate surface area is 194 Å². The van der Waals surface area contributed by atoms with Crippen LogP contribution < -0.4 is 15.4 Å². The van der Waals surface area contributed by atoms with Gasteiger partial charge in [0.2, 0.25) is 11.8 Å². The average molecular weight is 453 g/mol. The molecule has 1 fully saturated rings. The highest BCUT2D eigenvalue weighted by atomic mass is 16.5. The fourth-order valence-electron chi connectivity index (χ4n) is 3.73. The third-order valence-electron chi connectivity index (χ3n) is 5.68. The first-order chi connectivity index (χ1) is 15.9. The van der Waals surface area contributed by atoms with Crippen LogP contribution in [-0.2, 0) is 9.59 Å². The third kappa shape index (κ3) is 6.79. The molecular formula is C25H32N4O4. The molecule has 8 nitrogen and oxygen atoms in total. The van der Waals surface area contributed by atoms with Gasteiger partial charge in [0, 0.05) is 37.4 Å². The number of carbonyl (C=O) groups excluding carboxylic acids is 3. The molecule has 3 amide bonds. The van der Waals surface area contributed by atoms with Gasteiger partial charge in [0.05, 0.1) is 13.7 Å². The lowest BCUT2D eigenvalue weighted by Crippen LogP contribution is -2.57. The number of amides is 3. The van der Waals surface area contributed by atoms with E-state index in [0.29, 0.717) is 37.5 Å². The summed E-state index contributed by atoms with van der Waals surface area (Å²) in [6.45, 7) is 6.34. The van der Waals surface area contributed by atoms with Gasteiger partial charge in [0.15, 0.2) is 0 Å². The van der Waals surface area contributed by atoms with Gasteiger partial charge >= 0.3 is 0 Å². The monoisotopic (exact) mass is 452 g/mol. The maximum Gasteiger partial charge on any atom is 0.251 e. The summed E-state index contributed by atoms with van der Waals surface area (Å²) in [6, 6.07) is 15.5. The Balaban J connectivity index is 1.51. The number of para-hydroxylation sites is 1. The summed E-state index contributed by atoms with van der Waals surface area (Å²) in [7, 11) is 1.57. The second kappa shape index (κ2) is 11.5. The van der Waals surface area contributed by atoms with Crippen LogP contribution in [0.5, 0.6) is 5.75 Å². The van der Waals surface area contributed by atoms with E-state index in [4.69, 9.17) is 4.74 Å². The standard InChI is InChI=1S/C25H32N4O4/c1-18(2)23(27-24(31)19-9-11-21(33-3)12-10-19)25(32)29-15-13-28(14-16-29)17-22(30)26-20-7-5-4-6-8-20/h4-12,18,23H,13-17H2,1-3H3,(H,26,30)(H,27,31). The topological polar surface area (TPSA) is 91.0 Å². The summed E-state index contributed by atoms with van der Waals surface area (Å²) >= 11 is 0. The zero-order chi connectivity index (χ0) is 23.8. The highest BCUT2D eigenvalue weighted by molar-refractivity contribution is 5.97. The van der Waals surface area contributed by atoms with Crippen molar-refractivity contribution < 1.29 is 19.1 Å². The van der Waals surface area contributed by atoms with Crippen molar-refractivity contribution in [2.45, 2.75) is 19.9 Å². The van der Waals surface area contributed by atoms with Crippen LogP contribution >= 0.6 is 0 Å². The van der Waals surface area contributed by atoms with Gasteiger partial charge in [-0.3, -0.25) is 19.3 Å². The summed E-state index contributed by atoms with van der Waals surface area (Å²) in [5, 5.41) is 5.77. The molecule has 0 aromatic heterocycles. The number of rotatable bonds is 8. The fourth-order valence-corrected chi connectivity index (χ4v) is 3.73. The van der Waals surface area contributed by atoms with Crippen LogP contribution in [0.3, 0.4) is 0 Å². The van der Waals surface area contributed by atoms with Crippen LogP contribution in [0, 0.1) is 5.92 Å². The number of hydrogen-bond acceptors (Lipinski definition) is 5. The third-order valence-corrected chi connectivity index (χ3v) is 5.68. The van der Waals surface area contributed by atoms with E-state index >= 15 is 0 Å². The fraction of sp³-hybridized carbons (Fsp3) is 0.400. The number of nitrogens with zero attached hydrogens (tertiary/aromatic N) is 2. The van der Waals surface area contributed by atoms with Crippen molar-refractivity contribution in [3.8, 4) is 5.75 Å². The Bertz CT molecular complexity index is 939. The molecule has 8 heteroatoms. The molecule has 2 aromatic rings. The van der Waals surface area contributed by atoms with Crippen LogP contribution in [-0.4, -0.2) is 73.4 Å². The Morgan fingerprint density at radius 3 is 2.15 bits per heavy atom. The molecule has 3 rings (SSSR count). The first-order valence-corrected chi connectivity index (χ1v) is 11.2. The van der Waals surface area contributed by atoms with Crippen LogP contribution in [0.25, 0.3) is 0 Å². The summed E-state index contributed by atoms with van der Waals surface area (Å²) in [5.74, 6) is 0.140. The molecule has 1 unspecified atom stereocenters. The minimum atomic E-state index is -0.618. The molecule has 1 atom stereocenters. The smallest absolute Gasteiger partial charge is 0.251 e. The van der Waals surface area contributed by atoms with Crippen molar-refractivity contribution in [1.29, 1.82) is 0 Å². The van der Waals surface area contributed by atoms with Crippen LogP contribution in [0.15, 0.2) is 54.6 Å². The summed E-state index contributed by atoms with van der Waals surface area (Å²) in [5.41, 5.74) is 1.24. The lowest BCUT2D eigenvalue weighted by atomic mass is 10.0. The molecule has 1 aliphatic rings. The normalized spacial score (nSPS) is 15.1. The van der Waals surface area contributed by atoms with Gasteiger partial charge in [0.1, 0.15) is 11.8 Å². The number of anilines is 1. The van der Waals surface area contributed by atoms with Crippen molar-refractivity contribution in [1.82, 2.24) is 15.1 Å². The van der Waals surface area contributed by atoms with Gasteiger partial charge in [-0.25, -0.2) is 0 Å². The van der Waals surface area contributed by atoms with E-state index in [2.05, 4.69) is 10.6 Å². The molecule has 2 N–H and O–H groups in total. The Morgan fingerprint density at radius 1 is 0.939 bits per heavy atom. The van der Waals surface area contributed by atoms with Gasteiger partial charge in [-0.1, -0.05) is 32.0 Å². The number of piperazine rings is 1. The summed E-state index contributed by atoms with van der Waals surface area (Å²) in [4.78, 5) is 42.0. The molecule has 1 saturated heterocycles. The lowest BCUT2D eigenvalue weighted by Gasteiger charge is -2.37. The molecule has 2 aromatic carbocycles. The largest absolute Gasteiger partial charge is 0.497 e. The molecule has 0 bridgehead atoms. The number of benzene rings is 2. The lowest BCUT2D eigenvalue weighted by molar-refractivity contribution is -0.136.